The van der Waals surface area contributed by atoms with Crippen molar-refractivity contribution in [3.8, 4) is 0 Å². The van der Waals surface area contributed by atoms with Gasteiger partial charge < -0.3 is 9.84 Å². The second kappa shape index (κ2) is 14.3. The number of nitrogens with zero attached hydrogens (tertiary/aromatic N) is 1. The maximum Gasteiger partial charge on any atom is 0.417 e. The van der Waals surface area contributed by atoms with Crippen LogP contribution in [0.25, 0.3) is 11.1 Å². The summed E-state index contributed by atoms with van der Waals surface area (Å²) in [7, 11) is 0. The number of cyclic esters (lactones) is 1. The first kappa shape index (κ1) is 35.3. The lowest BCUT2D eigenvalue weighted by Gasteiger charge is -2.19. The van der Waals surface area contributed by atoms with E-state index in [0.29, 0.717) is 41.3 Å². The lowest BCUT2D eigenvalue weighted by Crippen LogP contribution is -2.39. The molecule has 1 heterocycles. The minimum Gasteiger partial charge on any atom is -0.478 e. The van der Waals surface area contributed by atoms with E-state index in [0.717, 1.165) is 5.56 Å². The van der Waals surface area contributed by atoms with Crippen LogP contribution in [-0.4, -0.2) is 53.0 Å². The standard InChI is InChI=1S/C20H14F5NO3.C10H5F5O2/c21-14-7-13(8-15(22)9-14)17(20(23,24)25)10-18(27)26-16(11-29-19(26)28)6-12-4-2-1-3-5-12;11-6-1-5(2-7(12)3-6)8(4-9(16)17)10(13,14)15/h1-5,7-10,16H,6,11H2;1-4H,(H,16,17)/b17-10+;8-4+/t16-;/m0./s1. The number of rotatable bonds is 6. The zero-order chi connectivity index (χ0) is 34.4. The number of carboxylic acid groups (broad SMARTS) is 1. The van der Waals surface area contributed by atoms with E-state index in [9.17, 15) is 58.3 Å². The average Bonchev–Trinajstić information content (AvgIpc) is 3.28. The summed E-state index contributed by atoms with van der Waals surface area (Å²) in [6.45, 7) is -0.177. The lowest BCUT2D eigenvalue weighted by molar-refractivity contribution is -0.132. The van der Waals surface area contributed by atoms with Crippen molar-refractivity contribution in [3.05, 3.63) is 119 Å². The van der Waals surface area contributed by atoms with Gasteiger partial charge in [0.05, 0.1) is 17.2 Å². The van der Waals surface area contributed by atoms with Crippen LogP contribution in [0.1, 0.15) is 16.7 Å². The molecule has 0 spiro atoms. The highest BCUT2D eigenvalue weighted by Gasteiger charge is 2.41. The monoisotopic (exact) mass is 663 g/mol. The minimum absolute atomic E-state index is 0.145. The van der Waals surface area contributed by atoms with Crippen molar-refractivity contribution < 1.29 is 68.1 Å². The number of benzene rings is 3. The van der Waals surface area contributed by atoms with E-state index in [1.807, 2.05) is 0 Å². The fraction of sp³-hybridized carbons (Fsp3) is 0.167. The third-order valence-corrected chi connectivity index (χ3v) is 6.01. The summed E-state index contributed by atoms with van der Waals surface area (Å²) in [6, 6.07) is 10.4. The summed E-state index contributed by atoms with van der Waals surface area (Å²) in [5.41, 5.74) is -4.18. The van der Waals surface area contributed by atoms with Crippen LogP contribution in [-0.2, 0) is 20.7 Å². The van der Waals surface area contributed by atoms with Crippen molar-refractivity contribution in [1.29, 1.82) is 0 Å². The predicted molar refractivity (Wildman–Crippen MR) is 141 cm³/mol. The normalized spacial score (nSPS) is 15.7. The van der Waals surface area contributed by atoms with Crippen LogP contribution in [0.2, 0.25) is 0 Å². The van der Waals surface area contributed by atoms with Crippen molar-refractivity contribution in [1.82, 2.24) is 4.90 Å². The van der Waals surface area contributed by atoms with E-state index in [2.05, 4.69) is 0 Å². The largest absolute Gasteiger partial charge is 0.478 e. The van der Waals surface area contributed by atoms with E-state index < -0.39 is 81.9 Å². The molecule has 1 fully saturated rings. The van der Waals surface area contributed by atoms with Gasteiger partial charge in [0.25, 0.3) is 5.91 Å². The first-order chi connectivity index (χ1) is 21.3. The van der Waals surface area contributed by atoms with Crippen LogP contribution in [0.4, 0.5) is 48.7 Å². The van der Waals surface area contributed by atoms with Gasteiger partial charge in [-0.05, 0) is 47.4 Å². The third kappa shape index (κ3) is 9.67. The van der Waals surface area contributed by atoms with Gasteiger partial charge in [-0.2, -0.15) is 26.3 Å². The topological polar surface area (TPSA) is 83.9 Å². The molecule has 1 atom stereocenters. The maximum atomic E-state index is 13.5. The summed E-state index contributed by atoms with van der Waals surface area (Å²) in [4.78, 5) is 35.3. The molecule has 0 radical (unpaired) electrons. The van der Waals surface area contributed by atoms with Crippen LogP contribution in [0.3, 0.4) is 0 Å². The molecule has 46 heavy (non-hydrogen) atoms. The molecule has 244 valence electrons. The highest BCUT2D eigenvalue weighted by Crippen LogP contribution is 2.36. The second-order valence-corrected chi connectivity index (χ2v) is 9.39. The van der Waals surface area contributed by atoms with Crippen LogP contribution in [0.15, 0.2) is 78.9 Å². The van der Waals surface area contributed by atoms with Crippen molar-refractivity contribution in [2.75, 3.05) is 6.61 Å². The second-order valence-electron chi connectivity index (χ2n) is 9.39. The molecule has 0 aromatic heterocycles. The van der Waals surface area contributed by atoms with Gasteiger partial charge in [0.1, 0.15) is 29.9 Å². The molecule has 1 N–H and O–H groups in total. The smallest absolute Gasteiger partial charge is 0.417 e. The lowest BCUT2D eigenvalue weighted by atomic mass is 10.0. The van der Waals surface area contributed by atoms with E-state index in [1.165, 1.54) is 0 Å². The first-order valence-electron chi connectivity index (χ1n) is 12.6. The Morgan fingerprint density at radius 2 is 1.20 bits per heavy atom. The Labute approximate surface area is 252 Å². The minimum atomic E-state index is -5.09. The number of ether oxygens (including phenoxy) is 1. The molecular formula is C30H19F10NO5. The highest BCUT2D eigenvalue weighted by atomic mass is 19.4. The summed E-state index contributed by atoms with van der Waals surface area (Å²) in [6.07, 6.45) is -11.0. The van der Waals surface area contributed by atoms with Gasteiger partial charge in [-0.25, -0.2) is 32.1 Å². The molecule has 16 heteroatoms. The van der Waals surface area contributed by atoms with E-state index >= 15 is 0 Å². The number of allylic oxidation sites excluding steroid dienone is 2. The zero-order valence-electron chi connectivity index (χ0n) is 22.8. The summed E-state index contributed by atoms with van der Waals surface area (Å²) < 4.78 is 135. The Balaban J connectivity index is 0.000000289. The van der Waals surface area contributed by atoms with Crippen molar-refractivity contribution in [2.45, 2.75) is 24.8 Å². The van der Waals surface area contributed by atoms with Gasteiger partial charge in [0.2, 0.25) is 0 Å². The fourth-order valence-electron chi connectivity index (χ4n) is 4.16. The Hall–Kier alpha value is -5.15. The molecule has 0 unspecified atom stereocenters. The third-order valence-electron chi connectivity index (χ3n) is 6.01. The van der Waals surface area contributed by atoms with Gasteiger partial charge in [0, 0.05) is 24.3 Å². The number of aliphatic carboxylic acids is 1. The molecule has 0 aliphatic carbocycles. The number of carbonyl (C=O) groups is 3. The molecule has 1 aliphatic heterocycles. The molecule has 0 saturated carbocycles. The number of hydrogen-bond acceptors (Lipinski definition) is 4. The fourth-order valence-corrected chi connectivity index (χ4v) is 4.16. The molecule has 4 rings (SSSR count). The number of carboxylic acids is 1. The van der Waals surface area contributed by atoms with E-state index in [4.69, 9.17) is 9.84 Å². The Bertz CT molecular complexity index is 1630. The Morgan fingerprint density at radius 1 is 0.761 bits per heavy atom. The Kier molecular flexibility index (Phi) is 11.0. The molecule has 1 aliphatic rings. The predicted octanol–water partition coefficient (Wildman–Crippen LogP) is 7.50. The van der Waals surface area contributed by atoms with Gasteiger partial charge in [-0.1, -0.05) is 30.3 Å². The number of imide groups is 1. The van der Waals surface area contributed by atoms with Crippen molar-refractivity contribution in [3.63, 3.8) is 0 Å². The molecule has 0 bridgehead atoms. The molecule has 3 aromatic carbocycles. The summed E-state index contributed by atoms with van der Waals surface area (Å²) >= 11 is 0. The van der Waals surface area contributed by atoms with Crippen LogP contribution in [0.5, 0.6) is 0 Å². The maximum absolute atomic E-state index is 13.5. The molecule has 3 aromatic rings. The van der Waals surface area contributed by atoms with Crippen LogP contribution < -0.4 is 0 Å². The molecular weight excluding hydrogens is 644 g/mol. The number of amides is 2. The van der Waals surface area contributed by atoms with Gasteiger partial charge in [-0.15, -0.1) is 0 Å². The van der Waals surface area contributed by atoms with Gasteiger partial charge >= 0.3 is 24.4 Å². The molecule has 1 saturated heterocycles. The van der Waals surface area contributed by atoms with Crippen LogP contribution in [0, 0.1) is 23.3 Å². The Morgan fingerprint density at radius 3 is 1.61 bits per heavy atom. The van der Waals surface area contributed by atoms with Crippen LogP contribution >= 0.6 is 0 Å². The van der Waals surface area contributed by atoms with E-state index in [1.54, 1.807) is 30.3 Å². The van der Waals surface area contributed by atoms with Crippen molar-refractivity contribution >= 4 is 29.1 Å². The zero-order valence-corrected chi connectivity index (χ0v) is 22.8. The first-order valence-corrected chi connectivity index (χ1v) is 12.6. The summed E-state index contributed by atoms with van der Waals surface area (Å²) in [5, 5.41) is 8.28. The number of halogens is 10. The van der Waals surface area contributed by atoms with Gasteiger partial charge in [-0.3, -0.25) is 4.79 Å². The average molecular weight is 663 g/mol. The molecule has 2 amide bonds. The highest BCUT2D eigenvalue weighted by molar-refractivity contribution is 6.04. The number of hydrogen-bond donors (Lipinski definition) is 1. The quantitative estimate of drug-likeness (QED) is 0.218. The molecule has 6 nitrogen and oxygen atoms in total. The van der Waals surface area contributed by atoms with E-state index in [-0.39, 0.29) is 25.2 Å². The SMILES string of the molecule is O=C(/C=C(\c1cc(F)cc(F)c1)C(F)(F)F)N1C(=O)OC[C@@H]1Cc1ccccc1.O=C(O)/C=C(\c1cc(F)cc(F)c1)C(F)(F)F. The summed E-state index contributed by atoms with van der Waals surface area (Å²) in [5.74, 6) is -8.05. The van der Waals surface area contributed by atoms with Crippen molar-refractivity contribution in [2.24, 2.45) is 0 Å². The number of alkyl halides is 6. The number of carbonyl (C=O) groups excluding carboxylic acids is 2. The van der Waals surface area contributed by atoms with Gasteiger partial charge in [0.15, 0.2) is 0 Å².